The van der Waals surface area contributed by atoms with Crippen LogP contribution in [0.25, 0.3) is 0 Å². The predicted molar refractivity (Wildman–Crippen MR) is 95.3 cm³/mol. The van der Waals surface area contributed by atoms with Gasteiger partial charge in [0.1, 0.15) is 11.8 Å². The number of nitriles is 1. The van der Waals surface area contributed by atoms with Gasteiger partial charge in [0, 0.05) is 12.2 Å². The first-order valence-electron chi connectivity index (χ1n) is 8.38. The van der Waals surface area contributed by atoms with E-state index < -0.39 is 0 Å². The van der Waals surface area contributed by atoms with Crippen molar-refractivity contribution in [3.8, 4) is 6.07 Å². The number of carbonyl (C=O) groups is 1. The number of hydrogen-bond donors (Lipinski definition) is 2. The zero-order valence-electron chi connectivity index (χ0n) is 14.0. The van der Waals surface area contributed by atoms with Gasteiger partial charge in [-0.3, -0.25) is 9.69 Å². The minimum atomic E-state index is -0.241. The minimum Gasteiger partial charge on any atom is -0.379 e. The van der Waals surface area contributed by atoms with E-state index in [4.69, 9.17) is 11.0 Å². The van der Waals surface area contributed by atoms with E-state index in [9.17, 15) is 4.79 Å². The fraction of sp³-hybridized carbons (Fsp3) is 0.316. The lowest BCUT2D eigenvalue weighted by Gasteiger charge is -2.22. The summed E-state index contributed by atoms with van der Waals surface area (Å²) in [5, 5.41) is 12.2. The first-order chi connectivity index (χ1) is 12.2. The molecule has 0 radical (unpaired) electrons. The van der Waals surface area contributed by atoms with E-state index in [-0.39, 0.29) is 11.9 Å². The summed E-state index contributed by atoms with van der Waals surface area (Å²) >= 11 is 0. The van der Waals surface area contributed by atoms with Crippen molar-refractivity contribution in [2.24, 2.45) is 5.73 Å². The number of nitrogens with two attached hydrogens (primary N) is 1. The maximum atomic E-state index is 11.5. The summed E-state index contributed by atoms with van der Waals surface area (Å²) in [5.74, 6) is -0.241. The van der Waals surface area contributed by atoms with Gasteiger partial charge in [0.25, 0.3) is 0 Å². The lowest BCUT2D eigenvalue weighted by molar-refractivity contribution is -0.122. The van der Waals surface area contributed by atoms with Gasteiger partial charge in [0.2, 0.25) is 5.91 Å². The van der Waals surface area contributed by atoms with Crippen LogP contribution < -0.4 is 11.1 Å². The highest BCUT2D eigenvalue weighted by Crippen LogP contribution is 2.21. The van der Waals surface area contributed by atoms with Crippen molar-refractivity contribution in [2.75, 3.05) is 11.9 Å². The molecule has 1 aliphatic heterocycles. The molecule has 1 unspecified atom stereocenters. The first-order valence-corrected chi connectivity index (χ1v) is 8.38. The SMILES string of the molecule is N#Cc1cccc(CNc2cccc(CN3CCCC3C(N)=O)c2)n1. The topological polar surface area (TPSA) is 95.0 Å². The summed E-state index contributed by atoms with van der Waals surface area (Å²) in [6.07, 6.45) is 1.85. The number of carbonyl (C=O) groups excluding carboxylic acids is 1. The minimum absolute atomic E-state index is 0.158. The molecular weight excluding hydrogens is 314 g/mol. The number of primary amides is 1. The molecule has 0 saturated carbocycles. The van der Waals surface area contributed by atoms with Gasteiger partial charge in [0.05, 0.1) is 18.3 Å². The zero-order chi connectivity index (χ0) is 17.6. The molecule has 2 aromatic rings. The van der Waals surface area contributed by atoms with E-state index in [1.54, 1.807) is 6.07 Å². The number of nitrogens with one attached hydrogen (secondary N) is 1. The molecule has 0 aliphatic carbocycles. The molecule has 3 rings (SSSR count). The number of likely N-dealkylation sites (tertiary alicyclic amines) is 1. The second-order valence-corrected chi connectivity index (χ2v) is 6.21. The standard InChI is InChI=1S/C19H21N5O/c20-11-16-6-2-7-17(23-16)12-22-15-5-1-4-14(10-15)13-24-9-3-8-18(24)19(21)25/h1-2,4-7,10,18,22H,3,8-9,12-13H2,(H2,21,25). The van der Waals surface area contributed by atoms with Crippen LogP contribution in [0.2, 0.25) is 0 Å². The summed E-state index contributed by atoms with van der Waals surface area (Å²) in [7, 11) is 0. The van der Waals surface area contributed by atoms with E-state index in [2.05, 4.69) is 27.3 Å². The Morgan fingerprint density at radius 1 is 1.36 bits per heavy atom. The number of rotatable bonds is 6. The average Bonchev–Trinajstić information content (AvgIpc) is 3.09. The highest BCUT2D eigenvalue weighted by Gasteiger charge is 2.28. The molecule has 0 bridgehead atoms. The van der Waals surface area contributed by atoms with Crippen molar-refractivity contribution in [1.29, 1.82) is 5.26 Å². The summed E-state index contributed by atoms with van der Waals surface area (Å²) in [4.78, 5) is 17.9. The largest absolute Gasteiger partial charge is 0.379 e. The third-order valence-electron chi connectivity index (χ3n) is 4.40. The van der Waals surface area contributed by atoms with Crippen LogP contribution in [0.3, 0.4) is 0 Å². The molecule has 1 saturated heterocycles. The monoisotopic (exact) mass is 335 g/mol. The van der Waals surface area contributed by atoms with Crippen molar-refractivity contribution >= 4 is 11.6 Å². The molecule has 6 heteroatoms. The maximum Gasteiger partial charge on any atom is 0.234 e. The second-order valence-electron chi connectivity index (χ2n) is 6.21. The van der Waals surface area contributed by atoms with Gasteiger partial charge in [-0.1, -0.05) is 18.2 Å². The molecule has 2 heterocycles. The third kappa shape index (κ3) is 4.34. The molecule has 1 aliphatic rings. The van der Waals surface area contributed by atoms with Gasteiger partial charge in [-0.2, -0.15) is 5.26 Å². The number of amides is 1. The molecule has 1 aromatic heterocycles. The molecule has 128 valence electrons. The Morgan fingerprint density at radius 3 is 3.00 bits per heavy atom. The van der Waals surface area contributed by atoms with E-state index >= 15 is 0 Å². The summed E-state index contributed by atoms with van der Waals surface area (Å²) in [6.45, 7) is 2.16. The Hall–Kier alpha value is -2.91. The average molecular weight is 335 g/mol. The molecule has 1 aromatic carbocycles. The Balaban J connectivity index is 1.63. The highest BCUT2D eigenvalue weighted by atomic mass is 16.1. The second kappa shape index (κ2) is 7.77. The van der Waals surface area contributed by atoms with Gasteiger partial charge in [-0.15, -0.1) is 0 Å². The summed E-state index contributed by atoms with van der Waals surface area (Å²) < 4.78 is 0. The molecule has 0 spiro atoms. The van der Waals surface area contributed by atoms with Gasteiger partial charge < -0.3 is 11.1 Å². The molecule has 1 amide bonds. The fourth-order valence-electron chi connectivity index (χ4n) is 3.18. The molecular formula is C19H21N5O. The lowest BCUT2D eigenvalue weighted by atomic mass is 10.1. The molecule has 1 atom stereocenters. The predicted octanol–water partition coefficient (Wildman–Crippen LogP) is 2.02. The highest BCUT2D eigenvalue weighted by molar-refractivity contribution is 5.80. The smallest absolute Gasteiger partial charge is 0.234 e. The fourth-order valence-corrected chi connectivity index (χ4v) is 3.18. The van der Waals surface area contributed by atoms with Crippen molar-refractivity contribution in [2.45, 2.75) is 32.0 Å². The van der Waals surface area contributed by atoms with Crippen LogP contribution >= 0.6 is 0 Å². The van der Waals surface area contributed by atoms with E-state index in [0.717, 1.165) is 36.3 Å². The maximum absolute atomic E-state index is 11.5. The first kappa shape index (κ1) is 16.9. The number of benzene rings is 1. The summed E-state index contributed by atoms with van der Waals surface area (Å²) in [6, 6.07) is 15.4. The van der Waals surface area contributed by atoms with Crippen LogP contribution in [0.1, 0.15) is 29.8 Å². The van der Waals surface area contributed by atoms with Crippen LogP contribution in [0.4, 0.5) is 5.69 Å². The Labute approximate surface area is 147 Å². The van der Waals surface area contributed by atoms with Gasteiger partial charge in [-0.25, -0.2) is 4.98 Å². The van der Waals surface area contributed by atoms with Gasteiger partial charge in [0.15, 0.2) is 0 Å². The normalized spacial score (nSPS) is 17.2. The number of aromatic nitrogens is 1. The van der Waals surface area contributed by atoms with E-state index in [1.165, 1.54) is 0 Å². The number of anilines is 1. The Morgan fingerprint density at radius 2 is 2.20 bits per heavy atom. The third-order valence-corrected chi connectivity index (χ3v) is 4.40. The number of pyridine rings is 1. The van der Waals surface area contributed by atoms with Crippen molar-refractivity contribution < 1.29 is 4.79 Å². The molecule has 6 nitrogen and oxygen atoms in total. The van der Waals surface area contributed by atoms with E-state index in [1.807, 2.05) is 30.3 Å². The van der Waals surface area contributed by atoms with Crippen molar-refractivity contribution in [3.05, 3.63) is 59.4 Å². The van der Waals surface area contributed by atoms with E-state index in [0.29, 0.717) is 18.8 Å². The van der Waals surface area contributed by atoms with Gasteiger partial charge in [-0.05, 0) is 49.2 Å². The Bertz CT molecular complexity index is 798. The Kier molecular flexibility index (Phi) is 5.26. The molecule has 1 fully saturated rings. The quantitative estimate of drug-likeness (QED) is 0.842. The summed E-state index contributed by atoms with van der Waals surface area (Å²) in [5.41, 5.74) is 8.84. The van der Waals surface area contributed by atoms with Gasteiger partial charge >= 0.3 is 0 Å². The van der Waals surface area contributed by atoms with Crippen molar-refractivity contribution in [1.82, 2.24) is 9.88 Å². The van der Waals surface area contributed by atoms with Crippen LogP contribution in [-0.4, -0.2) is 28.4 Å². The lowest BCUT2D eigenvalue weighted by Crippen LogP contribution is -2.39. The zero-order valence-corrected chi connectivity index (χ0v) is 14.0. The van der Waals surface area contributed by atoms with Crippen LogP contribution in [0.15, 0.2) is 42.5 Å². The molecule has 3 N–H and O–H groups in total. The van der Waals surface area contributed by atoms with Crippen LogP contribution in [-0.2, 0) is 17.9 Å². The number of hydrogen-bond acceptors (Lipinski definition) is 5. The van der Waals surface area contributed by atoms with Crippen molar-refractivity contribution in [3.63, 3.8) is 0 Å². The van der Waals surface area contributed by atoms with Crippen LogP contribution in [0, 0.1) is 11.3 Å². The number of nitrogens with zero attached hydrogens (tertiary/aromatic N) is 3. The van der Waals surface area contributed by atoms with Crippen LogP contribution in [0.5, 0.6) is 0 Å². The molecule has 25 heavy (non-hydrogen) atoms.